The van der Waals surface area contributed by atoms with Crippen LogP contribution in [0.5, 0.6) is 23.0 Å². The molecule has 2 heterocycles. The lowest BCUT2D eigenvalue weighted by Gasteiger charge is -2.39. The summed E-state index contributed by atoms with van der Waals surface area (Å²) in [5.41, 5.74) is 25.9. The molecule has 0 saturated carbocycles. The second kappa shape index (κ2) is 18.4. The Balaban J connectivity index is 0.852. The Bertz CT molecular complexity index is 4660. The molecule has 17 rings (SSSR count). The van der Waals surface area contributed by atoms with Gasteiger partial charge in [0.15, 0.2) is 0 Å². The number of rotatable bonds is 7. The van der Waals surface area contributed by atoms with E-state index < -0.39 is 10.8 Å². The van der Waals surface area contributed by atoms with Crippen LogP contribution in [0.25, 0.3) is 66.8 Å². The molecule has 0 N–H and O–H groups in total. The standard InChI is InChI=1S/C80H51NO2/c1-2-20-52(21-3-1)53-40-42-54(43-41-53)55-44-47-58(48-45-55)81(59-23-18-22-56(50-59)61-27-19-34-71-78(61)64-26-5-8-29-66(64)79(71)67-30-9-14-36-74(67)82-75-37-15-10-31-68(75)79)73-35-13-6-24-60(73)57-46-49-63-62-25-4-7-28-65(62)80(72(63)51-57)69-32-11-16-38-76(69)83-77-39-17-12-33-70(77)80/h1-51H. The van der Waals surface area contributed by atoms with Crippen LogP contribution >= 0.6 is 0 Å². The fourth-order valence-electron chi connectivity index (χ4n) is 14.6. The lowest BCUT2D eigenvalue weighted by molar-refractivity contribution is 0.436. The summed E-state index contributed by atoms with van der Waals surface area (Å²) in [6.07, 6.45) is 0. The average molecular weight is 1060 g/mol. The molecular formula is C80H51NO2. The fourth-order valence-corrected chi connectivity index (χ4v) is 14.6. The lowest BCUT2D eigenvalue weighted by atomic mass is 9.66. The van der Waals surface area contributed by atoms with Crippen LogP contribution in [0.2, 0.25) is 0 Å². The number of benzene rings is 13. The highest BCUT2D eigenvalue weighted by atomic mass is 16.5. The van der Waals surface area contributed by atoms with Crippen LogP contribution in [0.15, 0.2) is 309 Å². The summed E-state index contributed by atoms with van der Waals surface area (Å²) < 4.78 is 13.5. The highest BCUT2D eigenvalue weighted by Crippen LogP contribution is 2.65. The third-order valence-electron chi connectivity index (χ3n) is 18.0. The monoisotopic (exact) mass is 1060 g/mol. The van der Waals surface area contributed by atoms with Gasteiger partial charge in [-0.15, -0.1) is 0 Å². The molecule has 2 aliphatic heterocycles. The molecule has 2 spiro atoms. The Labute approximate surface area is 483 Å². The molecule has 0 amide bonds. The maximum atomic E-state index is 6.75. The summed E-state index contributed by atoms with van der Waals surface area (Å²) >= 11 is 0. The molecule has 13 aromatic rings. The van der Waals surface area contributed by atoms with Crippen molar-refractivity contribution in [3.8, 4) is 89.8 Å². The van der Waals surface area contributed by atoms with E-state index in [0.29, 0.717) is 0 Å². The molecule has 3 nitrogen and oxygen atoms in total. The molecule has 388 valence electrons. The maximum absolute atomic E-state index is 6.75. The highest BCUT2D eigenvalue weighted by molar-refractivity contribution is 5.99. The van der Waals surface area contributed by atoms with Crippen molar-refractivity contribution in [1.29, 1.82) is 0 Å². The van der Waals surface area contributed by atoms with Gasteiger partial charge >= 0.3 is 0 Å². The quantitative estimate of drug-likeness (QED) is 0.159. The Morgan fingerprint density at radius 1 is 0.217 bits per heavy atom. The molecule has 0 atom stereocenters. The zero-order chi connectivity index (χ0) is 54.6. The van der Waals surface area contributed by atoms with Crippen LogP contribution in [0.3, 0.4) is 0 Å². The summed E-state index contributed by atoms with van der Waals surface area (Å²) in [6, 6.07) is 113. The van der Waals surface area contributed by atoms with E-state index in [0.717, 1.165) is 84.6 Å². The number of nitrogens with zero attached hydrogens (tertiary/aromatic N) is 1. The van der Waals surface area contributed by atoms with Crippen molar-refractivity contribution in [3.63, 3.8) is 0 Å². The number of anilines is 3. The second-order valence-electron chi connectivity index (χ2n) is 22.2. The number of para-hydroxylation sites is 5. The van der Waals surface area contributed by atoms with Gasteiger partial charge in [-0.2, -0.15) is 0 Å². The molecular weight excluding hydrogens is 1010 g/mol. The van der Waals surface area contributed by atoms with E-state index in [1.165, 1.54) is 66.8 Å². The highest BCUT2D eigenvalue weighted by Gasteiger charge is 2.53. The minimum absolute atomic E-state index is 0.579. The Hall–Kier alpha value is -10.7. The lowest BCUT2D eigenvalue weighted by Crippen LogP contribution is -2.32. The molecule has 0 aromatic heterocycles. The molecule has 0 bridgehead atoms. The average Bonchev–Trinajstić information content (AvgIpc) is 3.53. The smallest absolute Gasteiger partial charge is 0.132 e. The van der Waals surface area contributed by atoms with Crippen molar-refractivity contribution in [1.82, 2.24) is 0 Å². The molecule has 83 heavy (non-hydrogen) atoms. The first kappa shape index (κ1) is 47.1. The summed E-state index contributed by atoms with van der Waals surface area (Å²) in [6.45, 7) is 0. The number of ether oxygens (including phenoxy) is 2. The summed E-state index contributed by atoms with van der Waals surface area (Å²) in [5.74, 6) is 3.53. The molecule has 0 saturated heterocycles. The minimum Gasteiger partial charge on any atom is -0.457 e. The van der Waals surface area contributed by atoms with Crippen molar-refractivity contribution < 1.29 is 9.47 Å². The first-order valence-electron chi connectivity index (χ1n) is 28.6. The zero-order valence-corrected chi connectivity index (χ0v) is 45.2. The first-order chi connectivity index (χ1) is 41.2. The molecule has 0 unspecified atom stereocenters. The first-order valence-corrected chi connectivity index (χ1v) is 28.6. The topological polar surface area (TPSA) is 21.7 Å². The van der Waals surface area contributed by atoms with Crippen LogP contribution in [-0.4, -0.2) is 0 Å². The SMILES string of the molecule is c1ccc(-c2ccc(-c3ccc(N(c4cccc(-c5cccc6c5-c5ccccc5C65c6ccccc6Oc6ccccc65)c4)c4ccccc4-c4ccc5c(c4)C4(c6ccccc6Oc6ccccc64)c4ccccc4-5)cc3)cc2)cc1. The molecule has 13 aromatic carbocycles. The van der Waals surface area contributed by atoms with Gasteiger partial charge in [0.1, 0.15) is 23.0 Å². The van der Waals surface area contributed by atoms with Gasteiger partial charge in [-0.3, -0.25) is 0 Å². The second-order valence-corrected chi connectivity index (χ2v) is 22.2. The Morgan fingerprint density at radius 3 is 1.20 bits per heavy atom. The predicted octanol–water partition coefficient (Wildman–Crippen LogP) is 20.8. The summed E-state index contributed by atoms with van der Waals surface area (Å²) in [4.78, 5) is 2.46. The van der Waals surface area contributed by atoms with Crippen molar-refractivity contribution >= 4 is 17.1 Å². The third-order valence-corrected chi connectivity index (χ3v) is 18.0. The molecule has 0 radical (unpaired) electrons. The Kier molecular flexibility index (Phi) is 10.4. The van der Waals surface area contributed by atoms with Gasteiger partial charge < -0.3 is 14.4 Å². The number of hydrogen-bond donors (Lipinski definition) is 0. The van der Waals surface area contributed by atoms with Crippen molar-refractivity contribution in [3.05, 3.63) is 354 Å². The Morgan fingerprint density at radius 2 is 0.602 bits per heavy atom. The van der Waals surface area contributed by atoms with Crippen molar-refractivity contribution in [2.45, 2.75) is 10.8 Å². The van der Waals surface area contributed by atoms with Crippen molar-refractivity contribution in [2.75, 3.05) is 4.90 Å². The van der Waals surface area contributed by atoms with E-state index in [4.69, 9.17) is 9.47 Å². The minimum atomic E-state index is -0.604. The van der Waals surface area contributed by atoms with E-state index in [1.807, 2.05) is 0 Å². The largest absolute Gasteiger partial charge is 0.457 e. The van der Waals surface area contributed by atoms with Crippen LogP contribution in [0.4, 0.5) is 17.1 Å². The fraction of sp³-hybridized carbons (Fsp3) is 0.0250. The van der Waals surface area contributed by atoms with E-state index >= 15 is 0 Å². The van der Waals surface area contributed by atoms with Crippen LogP contribution in [-0.2, 0) is 10.8 Å². The molecule has 4 aliphatic rings. The van der Waals surface area contributed by atoms with E-state index in [-0.39, 0.29) is 0 Å². The van der Waals surface area contributed by atoms with E-state index in [2.05, 4.69) is 314 Å². The maximum Gasteiger partial charge on any atom is 0.132 e. The third kappa shape index (κ3) is 6.86. The molecule has 3 heteroatoms. The van der Waals surface area contributed by atoms with Gasteiger partial charge in [0.05, 0.1) is 16.5 Å². The van der Waals surface area contributed by atoms with Gasteiger partial charge in [-0.05, 0) is 144 Å². The zero-order valence-electron chi connectivity index (χ0n) is 45.2. The number of fused-ring (bicyclic) bond motifs is 18. The van der Waals surface area contributed by atoms with Crippen LogP contribution in [0.1, 0.15) is 44.5 Å². The predicted molar refractivity (Wildman–Crippen MR) is 338 cm³/mol. The summed E-state index contributed by atoms with van der Waals surface area (Å²) in [7, 11) is 0. The van der Waals surface area contributed by atoms with Gasteiger partial charge in [-0.25, -0.2) is 0 Å². The van der Waals surface area contributed by atoms with E-state index in [1.54, 1.807) is 0 Å². The van der Waals surface area contributed by atoms with Gasteiger partial charge in [0.25, 0.3) is 0 Å². The van der Waals surface area contributed by atoms with Gasteiger partial charge in [-0.1, -0.05) is 249 Å². The van der Waals surface area contributed by atoms with Gasteiger partial charge in [0, 0.05) is 39.2 Å². The van der Waals surface area contributed by atoms with Crippen molar-refractivity contribution in [2.24, 2.45) is 0 Å². The van der Waals surface area contributed by atoms with Crippen LogP contribution in [0, 0.1) is 0 Å². The van der Waals surface area contributed by atoms with E-state index in [9.17, 15) is 0 Å². The molecule has 2 aliphatic carbocycles. The number of hydrogen-bond acceptors (Lipinski definition) is 3. The van der Waals surface area contributed by atoms with Gasteiger partial charge in [0.2, 0.25) is 0 Å². The van der Waals surface area contributed by atoms with Crippen LogP contribution < -0.4 is 14.4 Å². The normalized spacial score (nSPS) is 13.7. The summed E-state index contributed by atoms with van der Waals surface area (Å²) in [5, 5.41) is 0. The molecule has 0 fully saturated rings.